The summed E-state index contributed by atoms with van der Waals surface area (Å²) in [5.74, 6) is -1.70. The van der Waals surface area contributed by atoms with Crippen LogP contribution < -0.4 is 0 Å². The van der Waals surface area contributed by atoms with Gasteiger partial charge in [0.25, 0.3) is 0 Å². The molecule has 1 aromatic rings. The first-order chi connectivity index (χ1) is 13.3. The van der Waals surface area contributed by atoms with E-state index in [4.69, 9.17) is 0 Å². The second kappa shape index (κ2) is 10.9. The quantitative estimate of drug-likeness (QED) is 0.446. The summed E-state index contributed by atoms with van der Waals surface area (Å²) < 4.78 is 26.4. The maximum atomic E-state index is 13.4. The van der Waals surface area contributed by atoms with Crippen molar-refractivity contribution in [2.24, 2.45) is 5.92 Å². The van der Waals surface area contributed by atoms with Crippen LogP contribution in [-0.4, -0.2) is 43.5 Å². The Labute approximate surface area is 168 Å². The highest BCUT2D eigenvalue weighted by atomic mass is 19.2. The Morgan fingerprint density at radius 3 is 2.46 bits per heavy atom. The summed E-state index contributed by atoms with van der Waals surface area (Å²) in [5.41, 5.74) is 0.873. The third-order valence-electron chi connectivity index (χ3n) is 6.27. The molecule has 0 bridgehead atoms. The molecule has 1 fully saturated rings. The zero-order chi connectivity index (χ0) is 20.6. The van der Waals surface area contributed by atoms with Crippen LogP contribution in [0.5, 0.6) is 0 Å². The fourth-order valence-corrected chi connectivity index (χ4v) is 4.17. The van der Waals surface area contributed by atoms with Gasteiger partial charge in [0.2, 0.25) is 0 Å². The second-order valence-electron chi connectivity index (χ2n) is 8.66. The van der Waals surface area contributed by atoms with Crippen molar-refractivity contribution in [3.05, 3.63) is 35.4 Å². The van der Waals surface area contributed by atoms with E-state index in [1.54, 1.807) is 6.07 Å². The molecular formula is C22H34BF2NO2. The number of nitrogens with zero attached hydrogens (tertiary/aromatic N) is 1. The Morgan fingerprint density at radius 1 is 1.18 bits per heavy atom. The maximum absolute atomic E-state index is 13.4. The van der Waals surface area contributed by atoms with Crippen molar-refractivity contribution in [2.75, 3.05) is 19.6 Å². The van der Waals surface area contributed by atoms with Gasteiger partial charge in [-0.2, -0.15) is 0 Å². The summed E-state index contributed by atoms with van der Waals surface area (Å²) in [6.45, 7) is 5.17. The van der Waals surface area contributed by atoms with E-state index in [9.17, 15) is 18.7 Å². The molecule has 0 spiro atoms. The number of halogens is 2. The summed E-state index contributed by atoms with van der Waals surface area (Å²) >= 11 is 0. The van der Waals surface area contributed by atoms with Crippen LogP contribution in [0, 0.1) is 17.6 Å². The molecule has 1 aliphatic rings. The molecule has 1 heterocycles. The molecule has 1 N–H and O–H groups in total. The molecule has 0 amide bonds. The largest absolute Gasteiger partial charge is 0.481 e. The molecule has 1 aromatic carbocycles. The van der Waals surface area contributed by atoms with Gasteiger partial charge in [-0.1, -0.05) is 32.3 Å². The monoisotopic (exact) mass is 393 g/mol. The molecule has 0 aromatic heterocycles. The van der Waals surface area contributed by atoms with Crippen LogP contribution in [0.25, 0.3) is 0 Å². The number of carboxylic acids is 1. The predicted molar refractivity (Wildman–Crippen MR) is 111 cm³/mol. The highest BCUT2D eigenvalue weighted by molar-refractivity contribution is 6.26. The number of benzene rings is 1. The number of unbranched alkanes of at least 4 members (excludes halogenated alkanes) is 2. The van der Waals surface area contributed by atoms with Crippen LogP contribution in [0.3, 0.4) is 0 Å². The molecule has 28 heavy (non-hydrogen) atoms. The van der Waals surface area contributed by atoms with Crippen LogP contribution in [0.2, 0.25) is 5.31 Å². The molecule has 6 heteroatoms. The lowest BCUT2D eigenvalue weighted by Crippen LogP contribution is -2.35. The SMILES string of the molecule is BC(CCCC)(CCCCN1CCC(Cc2ccc(F)c(F)c2)CC1)C(=O)O. The summed E-state index contributed by atoms with van der Waals surface area (Å²) in [7, 11) is 1.88. The zero-order valence-corrected chi connectivity index (χ0v) is 17.4. The van der Waals surface area contributed by atoms with Crippen molar-refractivity contribution in [1.29, 1.82) is 0 Å². The van der Waals surface area contributed by atoms with Crippen LogP contribution in [0.1, 0.15) is 63.9 Å². The summed E-state index contributed by atoms with van der Waals surface area (Å²) in [5, 5.41) is 8.95. The Morgan fingerprint density at radius 2 is 1.86 bits per heavy atom. The van der Waals surface area contributed by atoms with Gasteiger partial charge in [0, 0.05) is 5.31 Å². The lowest BCUT2D eigenvalue weighted by molar-refractivity contribution is -0.141. The Bertz CT molecular complexity index is 635. The zero-order valence-electron chi connectivity index (χ0n) is 17.4. The lowest BCUT2D eigenvalue weighted by Gasteiger charge is -2.32. The van der Waals surface area contributed by atoms with Crippen LogP contribution in [-0.2, 0) is 11.2 Å². The first-order valence-electron chi connectivity index (χ1n) is 10.7. The van der Waals surface area contributed by atoms with Crippen LogP contribution in [0.4, 0.5) is 8.78 Å². The number of rotatable bonds is 11. The molecule has 156 valence electrons. The van der Waals surface area contributed by atoms with E-state index in [1.807, 2.05) is 7.85 Å². The molecule has 0 aliphatic carbocycles. The fraction of sp³-hybridized carbons (Fsp3) is 0.682. The summed E-state index contributed by atoms with van der Waals surface area (Å²) in [6, 6.07) is 4.22. The average Bonchev–Trinajstić information content (AvgIpc) is 2.67. The maximum Gasteiger partial charge on any atom is 0.301 e. The van der Waals surface area contributed by atoms with Gasteiger partial charge in [-0.15, -0.1) is 0 Å². The van der Waals surface area contributed by atoms with Gasteiger partial charge >= 0.3 is 5.97 Å². The van der Waals surface area contributed by atoms with Gasteiger partial charge < -0.3 is 10.0 Å². The smallest absolute Gasteiger partial charge is 0.301 e. The average molecular weight is 393 g/mol. The first kappa shape index (κ1) is 22.9. The summed E-state index contributed by atoms with van der Waals surface area (Å²) in [6.07, 6.45) is 8.42. The number of hydrogen-bond donors (Lipinski definition) is 1. The van der Waals surface area contributed by atoms with Crippen LogP contribution in [0.15, 0.2) is 18.2 Å². The summed E-state index contributed by atoms with van der Waals surface area (Å²) in [4.78, 5) is 14.0. The third-order valence-corrected chi connectivity index (χ3v) is 6.27. The van der Waals surface area contributed by atoms with E-state index < -0.39 is 22.9 Å². The highest BCUT2D eigenvalue weighted by Gasteiger charge is 2.31. The molecular weight excluding hydrogens is 359 g/mol. The second-order valence-corrected chi connectivity index (χ2v) is 8.66. The number of piperidine rings is 1. The Balaban J connectivity index is 1.67. The number of aliphatic carboxylic acids is 1. The van der Waals surface area contributed by atoms with E-state index in [2.05, 4.69) is 11.8 Å². The topological polar surface area (TPSA) is 40.5 Å². The van der Waals surface area contributed by atoms with Crippen molar-refractivity contribution in [2.45, 2.75) is 70.0 Å². The van der Waals surface area contributed by atoms with Crippen molar-refractivity contribution < 1.29 is 18.7 Å². The standard InChI is InChI=1S/C22H34BF2NO2/c1-2-3-10-22(23,21(27)28)11-4-5-12-26-13-8-17(9-14-26)15-18-6-7-19(24)20(25)16-18/h6-7,16-17H,2-5,8-15,23H2,1H3,(H,27,28). The number of carboxylic acid groups (broad SMARTS) is 1. The van der Waals surface area contributed by atoms with Crippen molar-refractivity contribution in [3.8, 4) is 0 Å². The van der Waals surface area contributed by atoms with E-state index in [-0.39, 0.29) is 0 Å². The minimum atomic E-state index is -0.785. The molecule has 1 atom stereocenters. The predicted octanol–water partition coefficient (Wildman–Crippen LogP) is 4.46. The third kappa shape index (κ3) is 6.87. The first-order valence-corrected chi connectivity index (χ1v) is 10.7. The minimum Gasteiger partial charge on any atom is -0.481 e. The normalized spacial score (nSPS) is 18.1. The fourth-order valence-electron chi connectivity index (χ4n) is 4.17. The van der Waals surface area contributed by atoms with E-state index >= 15 is 0 Å². The number of carbonyl (C=O) groups is 1. The minimum absolute atomic E-state index is 0.519. The molecule has 3 nitrogen and oxygen atoms in total. The molecule has 0 saturated carbocycles. The van der Waals surface area contributed by atoms with Gasteiger partial charge in [-0.25, -0.2) is 8.78 Å². The van der Waals surface area contributed by atoms with Gasteiger partial charge in [-0.05, 0) is 81.8 Å². The van der Waals surface area contributed by atoms with Crippen LogP contribution >= 0.6 is 0 Å². The molecule has 2 rings (SSSR count). The lowest BCUT2D eigenvalue weighted by atomic mass is 9.63. The van der Waals surface area contributed by atoms with Gasteiger partial charge in [0.05, 0.1) is 0 Å². The van der Waals surface area contributed by atoms with Gasteiger partial charge in [0.15, 0.2) is 11.6 Å². The van der Waals surface area contributed by atoms with Crippen molar-refractivity contribution in [3.63, 3.8) is 0 Å². The van der Waals surface area contributed by atoms with E-state index in [1.165, 1.54) is 12.1 Å². The van der Waals surface area contributed by atoms with Crippen molar-refractivity contribution >= 4 is 13.8 Å². The Kier molecular flexibility index (Phi) is 8.93. The molecule has 1 unspecified atom stereocenters. The molecule has 1 aliphatic heterocycles. The molecule has 0 radical (unpaired) electrons. The van der Waals surface area contributed by atoms with Crippen molar-refractivity contribution in [1.82, 2.24) is 4.90 Å². The van der Waals surface area contributed by atoms with Gasteiger partial charge in [-0.3, -0.25) is 4.79 Å². The van der Waals surface area contributed by atoms with Gasteiger partial charge in [0.1, 0.15) is 7.85 Å². The highest BCUT2D eigenvalue weighted by Crippen LogP contribution is 2.35. The number of hydrogen-bond acceptors (Lipinski definition) is 2. The molecule has 1 saturated heterocycles. The number of likely N-dealkylation sites (tertiary alicyclic amines) is 1. The van der Waals surface area contributed by atoms with E-state index in [0.29, 0.717) is 5.92 Å². The Hall–Kier alpha value is -1.43. The van der Waals surface area contributed by atoms with E-state index in [0.717, 1.165) is 83.0 Å².